The Bertz CT molecular complexity index is 592. The molecule has 0 aliphatic rings. The van der Waals surface area contributed by atoms with E-state index in [1.54, 1.807) is 6.92 Å². The Labute approximate surface area is 129 Å². The van der Waals surface area contributed by atoms with Crippen LogP contribution in [0.2, 0.25) is 0 Å². The molecule has 4 nitrogen and oxygen atoms in total. The number of halogens is 5. The number of hydrazone groups is 1. The minimum Gasteiger partial charge on any atom is -0.343 e. The van der Waals surface area contributed by atoms with E-state index in [1.165, 1.54) is 0 Å². The van der Waals surface area contributed by atoms with E-state index in [0.29, 0.717) is 12.1 Å². The summed E-state index contributed by atoms with van der Waals surface area (Å²) in [6.45, 7) is 2.41. The molecule has 1 amide bonds. The number of hydrogen-bond acceptors (Lipinski definition) is 3. The lowest BCUT2D eigenvalue weighted by molar-refractivity contribution is -0.116. The maximum atomic E-state index is 13.4. The van der Waals surface area contributed by atoms with E-state index in [9.17, 15) is 26.7 Å². The Morgan fingerprint density at radius 3 is 2.35 bits per heavy atom. The zero-order valence-electron chi connectivity index (χ0n) is 12.5. The molecule has 9 heteroatoms. The number of rotatable bonds is 7. The van der Waals surface area contributed by atoms with Gasteiger partial charge in [0.15, 0.2) is 11.6 Å². The van der Waals surface area contributed by atoms with Gasteiger partial charge in [0.25, 0.3) is 12.3 Å². The van der Waals surface area contributed by atoms with Gasteiger partial charge in [-0.1, -0.05) is 6.92 Å². The number of nitrogens with zero attached hydrogens (tertiary/aromatic N) is 1. The third-order valence-electron chi connectivity index (χ3n) is 2.91. The van der Waals surface area contributed by atoms with Gasteiger partial charge in [0.1, 0.15) is 11.5 Å². The number of nitrogens with one attached hydrogen (secondary N) is 2. The number of carbonyl (C=O) groups excluding carboxylic acids is 1. The van der Waals surface area contributed by atoms with Crippen molar-refractivity contribution in [2.45, 2.75) is 39.3 Å². The lowest BCUT2D eigenvalue weighted by atomic mass is 10.2. The lowest BCUT2D eigenvalue weighted by Gasteiger charge is -2.13. The van der Waals surface area contributed by atoms with Crippen LogP contribution in [-0.4, -0.2) is 24.1 Å². The summed E-state index contributed by atoms with van der Waals surface area (Å²) in [6.07, 6.45) is -2.59. The van der Waals surface area contributed by atoms with Gasteiger partial charge in [-0.3, -0.25) is 4.79 Å². The van der Waals surface area contributed by atoms with Crippen LogP contribution in [0.3, 0.4) is 0 Å². The maximum absolute atomic E-state index is 13.4. The highest BCUT2D eigenvalue weighted by atomic mass is 19.3. The Hall–Kier alpha value is -2.19. The van der Waals surface area contributed by atoms with Crippen LogP contribution >= 0.6 is 0 Å². The van der Waals surface area contributed by atoms with Crippen molar-refractivity contribution in [1.29, 1.82) is 0 Å². The minimum atomic E-state index is -2.72. The molecule has 1 aromatic rings. The van der Waals surface area contributed by atoms with E-state index in [0.717, 1.165) is 6.92 Å². The smallest absolute Gasteiger partial charge is 0.267 e. The normalized spacial score (nSPS) is 13.1. The van der Waals surface area contributed by atoms with Crippen molar-refractivity contribution in [3.8, 4) is 0 Å². The van der Waals surface area contributed by atoms with Crippen molar-refractivity contribution >= 4 is 11.6 Å². The highest BCUT2D eigenvalue weighted by Gasteiger charge is 2.19. The average Bonchev–Trinajstić information content (AvgIpc) is 2.48. The molecule has 0 saturated heterocycles. The van der Waals surface area contributed by atoms with E-state index in [1.807, 2.05) is 0 Å². The van der Waals surface area contributed by atoms with E-state index < -0.39 is 35.8 Å². The van der Waals surface area contributed by atoms with Gasteiger partial charge >= 0.3 is 0 Å². The molecule has 128 valence electrons. The summed E-state index contributed by atoms with van der Waals surface area (Å²) >= 11 is 0. The fourth-order valence-corrected chi connectivity index (χ4v) is 1.56. The monoisotopic (exact) mass is 337 g/mol. The molecule has 0 heterocycles. The van der Waals surface area contributed by atoms with Crippen LogP contribution in [0.1, 0.15) is 25.8 Å². The fourth-order valence-electron chi connectivity index (χ4n) is 1.56. The second-order valence-corrected chi connectivity index (χ2v) is 4.70. The predicted molar refractivity (Wildman–Crippen MR) is 74.5 cm³/mol. The molecule has 0 fully saturated rings. The third kappa shape index (κ3) is 5.50. The van der Waals surface area contributed by atoms with Gasteiger partial charge in [-0.25, -0.2) is 22.0 Å². The molecule has 0 saturated carbocycles. The average molecular weight is 337 g/mol. The van der Waals surface area contributed by atoms with Crippen molar-refractivity contribution in [2.24, 2.45) is 5.10 Å². The maximum Gasteiger partial charge on any atom is 0.267 e. The Balaban J connectivity index is 2.70. The van der Waals surface area contributed by atoms with Crippen molar-refractivity contribution < 1.29 is 26.7 Å². The molecule has 0 aliphatic heterocycles. The first-order valence-corrected chi connectivity index (χ1v) is 6.78. The molecule has 1 rings (SSSR count). The summed E-state index contributed by atoms with van der Waals surface area (Å²) in [5, 5.41) is 5.73. The summed E-state index contributed by atoms with van der Waals surface area (Å²) in [4.78, 5) is 11.7. The molecule has 0 radical (unpaired) electrons. The molecule has 0 aliphatic carbocycles. The number of alkyl halides is 2. The summed E-state index contributed by atoms with van der Waals surface area (Å²) < 4.78 is 63.9. The molecule has 0 aromatic heterocycles. The molecule has 0 bridgehead atoms. The van der Waals surface area contributed by atoms with E-state index in [2.05, 4.69) is 15.8 Å². The summed E-state index contributed by atoms with van der Waals surface area (Å²) in [5.41, 5.74) is 2.06. The largest absolute Gasteiger partial charge is 0.343 e. The van der Waals surface area contributed by atoms with Crippen LogP contribution in [0.5, 0.6) is 0 Å². The fraction of sp³-hybridized carbons (Fsp3) is 0.429. The summed E-state index contributed by atoms with van der Waals surface area (Å²) in [7, 11) is 0. The van der Waals surface area contributed by atoms with Crippen LogP contribution in [0, 0.1) is 17.5 Å². The Morgan fingerprint density at radius 2 is 1.78 bits per heavy atom. The number of benzene rings is 1. The van der Waals surface area contributed by atoms with Crippen molar-refractivity contribution in [3.63, 3.8) is 0 Å². The Kier molecular flexibility index (Phi) is 6.92. The molecule has 2 N–H and O–H groups in total. The number of amides is 1. The van der Waals surface area contributed by atoms with Gasteiger partial charge < -0.3 is 10.7 Å². The highest BCUT2D eigenvalue weighted by molar-refractivity contribution is 6.38. The number of hydrogen-bond donors (Lipinski definition) is 2. The standard InChI is InChI=1S/C14H16F5N3O/c1-3-12(14(23)21-7(2)13(18)19)22-20-6-8-4-10(16)11(17)5-9(8)15/h4-5,7,13,20H,3,6H2,1-2H3,(H,21,23)/b22-12+. The van der Waals surface area contributed by atoms with Gasteiger partial charge in [-0.15, -0.1) is 0 Å². The summed E-state index contributed by atoms with van der Waals surface area (Å²) in [5.74, 6) is -4.30. The minimum absolute atomic E-state index is 0.0829. The van der Waals surface area contributed by atoms with E-state index >= 15 is 0 Å². The SMILES string of the molecule is CC/C(=N\NCc1cc(F)c(F)cc1F)C(=O)NC(C)C(F)F. The molecular formula is C14H16F5N3O. The highest BCUT2D eigenvalue weighted by Crippen LogP contribution is 2.13. The molecule has 23 heavy (non-hydrogen) atoms. The molecule has 0 spiro atoms. The topological polar surface area (TPSA) is 53.5 Å². The van der Waals surface area contributed by atoms with Crippen LogP contribution in [0.25, 0.3) is 0 Å². The zero-order chi connectivity index (χ0) is 17.6. The number of carbonyl (C=O) groups is 1. The van der Waals surface area contributed by atoms with Gasteiger partial charge in [0.2, 0.25) is 0 Å². The summed E-state index contributed by atoms with van der Waals surface area (Å²) in [6, 6.07) is -0.283. The second kappa shape index (κ2) is 8.44. The first kappa shape index (κ1) is 18.9. The second-order valence-electron chi connectivity index (χ2n) is 4.70. The predicted octanol–water partition coefficient (Wildman–Crippen LogP) is 2.73. The quantitative estimate of drug-likeness (QED) is 0.348. The lowest BCUT2D eigenvalue weighted by Crippen LogP contribution is -2.41. The first-order valence-electron chi connectivity index (χ1n) is 6.78. The third-order valence-corrected chi connectivity index (χ3v) is 2.91. The van der Waals surface area contributed by atoms with Crippen molar-refractivity contribution in [3.05, 3.63) is 35.1 Å². The van der Waals surface area contributed by atoms with Gasteiger partial charge in [0, 0.05) is 11.6 Å². The Morgan fingerprint density at radius 1 is 1.17 bits per heavy atom. The molecular weight excluding hydrogens is 321 g/mol. The van der Waals surface area contributed by atoms with Crippen molar-refractivity contribution in [1.82, 2.24) is 10.7 Å². The van der Waals surface area contributed by atoms with Crippen molar-refractivity contribution in [2.75, 3.05) is 0 Å². The van der Waals surface area contributed by atoms with E-state index in [-0.39, 0.29) is 24.2 Å². The molecule has 1 aromatic carbocycles. The molecule has 1 atom stereocenters. The molecule has 1 unspecified atom stereocenters. The van der Waals surface area contributed by atoms with Crippen LogP contribution in [0.15, 0.2) is 17.2 Å². The van der Waals surface area contributed by atoms with Crippen LogP contribution in [-0.2, 0) is 11.3 Å². The van der Waals surface area contributed by atoms with Crippen LogP contribution in [0.4, 0.5) is 22.0 Å². The zero-order valence-corrected chi connectivity index (χ0v) is 12.5. The van der Waals surface area contributed by atoms with E-state index in [4.69, 9.17) is 0 Å². The van der Waals surface area contributed by atoms with Gasteiger partial charge in [-0.2, -0.15) is 5.10 Å². The van der Waals surface area contributed by atoms with Crippen LogP contribution < -0.4 is 10.7 Å². The first-order chi connectivity index (χ1) is 10.8. The van der Waals surface area contributed by atoms with Gasteiger partial charge in [0.05, 0.1) is 12.6 Å². The van der Waals surface area contributed by atoms with Gasteiger partial charge in [-0.05, 0) is 19.4 Å².